The number of hydrogen-bond donors (Lipinski definition) is 1. The number of carbonyl (C=O) groups is 2. The molecule has 0 aliphatic carbocycles. The van der Waals surface area contributed by atoms with Crippen molar-refractivity contribution < 1.29 is 23.5 Å². The molecule has 1 aliphatic rings. The average molecular weight is 483 g/mol. The van der Waals surface area contributed by atoms with E-state index in [4.69, 9.17) is 21.1 Å². The molecule has 1 heterocycles. The SMILES string of the molecule is COCCN1C(=O)c2ccccc2[C@@H](C(=O)Nc2ccc(OC)c(Cl)c2)[C@H]1c1ccc(F)cc1. The molecule has 0 saturated heterocycles. The Bertz CT molecular complexity index is 1200. The van der Waals surface area contributed by atoms with E-state index in [1.54, 1.807) is 66.6 Å². The molecule has 4 rings (SSSR count). The van der Waals surface area contributed by atoms with Gasteiger partial charge in [0.05, 0.1) is 30.7 Å². The molecule has 2 atom stereocenters. The summed E-state index contributed by atoms with van der Waals surface area (Å²) in [6.07, 6.45) is 0. The topological polar surface area (TPSA) is 67.9 Å². The van der Waals surface area contributed by atoms with Crippen LogP contribution in [-0.2, 0) is 9.53 Å². The van der Waals surface area contributed by atoms with E-state index in [2.05, 4.69) is 5.32 Å². The van der Waals surface area contributed by atoms with Gasteiger partial charge in [-0.1, -0.05) is 41.9 Å². The van der Waals surface area contributed by atoms with Crippen LogP contribution in [0.3, 0.4) is 0 Å². The van der Waals surface area contributed by atoms with Crippen molar-refractivity contribution in [3.63, 3.8) is 0 Å². The normalized spacial score (nSPS) is 17.3. The van der Waals surface area contributed by atoms with Gasteiger partial charge in [0.2, 0.25) is 5.91 Å². The van der Waals surface area contributed by atoms with Crippen LogP contribution in [0.4, 0.5) is 10.1 Å². The summed E-state index contributed by atoms with van der Waals surface area (Å²) in [4.78, 5) is 28.8. The van der Waals surface area contributed by atoms with Gasteiger partial charge in [0, 0.05) is 24.9 Å². The quantitative estimate of drug-likeness (QED) is 0.511. The van der Waals surface area contributed by atoms with Gasteiger partial charge in [-0.15, -0.1) is 0 Å². The lowest BCUT2D eigenvalue weighted by atomic mass is 9.79. The molecule has 0 fully saturated rings. The number of fused-ring (bicyclic) bond motifs is 1. The third-order valence-electron chi connectivity index (χ3n) is 5.89. The highest BCUT2D eigenvalue weighted by atomic mass is 35.5. The van der Waals surface area contributed by atoms with Gasteiger partial charge in [0.15, 0.2) is 0 Å². The van der Waals surface area contributed by atoms with Crippen LogP contribution in [0, 0.1) is 5.82 Å². The second kappa shape index (κ2) is 10.2. The third kappa shape index (κ3) is 4.62. The van der Waals surface area contributed by atoms with Crippen molar-refractivity contribution in [3.05, 3.63) is 94.3 Å². The molecule has 3 aromatic carbocycles. The molecule has 34 heavy (non-hydrogen) atoms. The van der Waals surface area contributed by atoms with E-state index < -0.39 is 17.8 Å². The molecule has 0 radical (unpaired) electrons. The maximum Gasteiger partial charge on any atom is 0.254 e. The molecule has 176 valence electrons. The van der Waals surface area contributed by atoms with Crippen LogP contribution in [0.15, 0.2) is 66.7 Å². The molecule has 2 amide bonds. The van der Waals surface area contributed by atoms with Crippen LogP contribution in [0.25, 0.3) is 0 Å². The second-order valence-electron chi connectivity index (χ2n) is 7.89. The minimum Gasteiger partial charge on any atom is -0.495 e. The van der Waals surface area contributed by atoms with Crippen molar-refractivity contribution in [1.82, 2.24) is 4.90 Å². The van der Waals surface area contributed by atoms with Crippen molar-refractivity contribution in [2.45, 2.75) is 12.0 Å². The number of benzene rings is 3. The standard InChI is InChI=1S/C26H24ClFN2O4/c1-33-14-13-30-24(16-7-9-17(28)10-8-16)23(19-5-3-4-6-20(19)26(30)32)25(31)29-18-11-12-22(34-2)21(27)15-18/h3-12,15,23-24H,13-14H2,1-2H3,(H,29,31)/t23-,24-/m1/s1. The Morgan fingerprint density at radius 1 is 1.09 bits per heavy atom. The van der Waals surface area contributed by atoms with Crippen molar-refractivity contribution in [3.8, 4) is 5.75 Å². The first-order valence-electron chi connectivity index (χ1n) is 10.7. The van der Waals surface area contributed by atoms with Gasteiger partial charge in [0.1, 0.15) is 11.6 Å². The van der Waals surface area contributed by atoms with Gasteiger partial charge < -0.3 is 19.7 Å². The predicted molar refractivity (Wildman–Crippen MR) is 128 cm³/mol. The molecule has 0 bridgehead atoms. The van der Waals surface area contributed by atoms with Gasteiger partial charge in [-0.3, -0.25) is 9.59 Å². The summed E-state index contributed by atoms with van der Waals surface area (Å²) >= 11 is 6.24. The van der Waals surface area contributed by atoms with Gasteiger partial charge in [-0.05, 0) is 47.5 Å². The fourth-order valence-electron chi connectivity index (χ4n) is 4.31. The molecule has 0 unspecified atom stereocenters. The van der Waals surface area contributed by atoms with Gasteiger partial charge in [-0.2, -0.15) is 0 Å². The lowest BCUT2D eigenvalue weighted by Gasteiger charge is -2.41. The fourth-order valence-corrected chi connectivity index (χ4v) is 4.56. The summed E-state index contributed by atoms with van der Waals surface area (Å²) in [5, 5.41) is 3.28. The number of methoxy groups -OCH3 is 2. The van der Waals surface area contributed by atoms with Crippen molar-refractivity contribution in [2.24, 2.45) is 0 Å². The summed E-state index contributed by atoms with van der Waals surface area (Å²) in [7, 11) is 3.06. The number of nitrogens with zero attached hydrogens (tertiary/aromatic N) is 1. The molecular formula is C26H24ClFN2O4. The van der Waals surface area contributed by atoms with E-state index in [1.165, 1.54) is 19.2 Å². The van der Waals surface area contributed by atoms with E-state index in [-0.39, 0.29) is 25.0 Å². The van der Waals surface area contributed by atoms with Gasteiger partial charge in [0.25, 0.3) is 5.91 Å². The number of ether oxygens (including phenoxy) is 2. The highest BCUT2D eigenvalue weighted by Gasteiger charge is 2.44. The van der Waals surface area contributed by atoms with Crippen molar-refractivity contribution >= 4 is 29.1 Å². The molecule has 0 aromatic heterocycles. The van der Waals surface area contributed by atoms with Crippen LogP contribution < -0.4 is 10.1 Å². The Kier molecular flexibility index (Phi) is 7.14. The van der Waals surface area contributed by atoms with Gasteiger partial charge in [-0.25, -0.2) is 4.39 Å². The zero-order chi connectivity index (χ0) is 24.2. The minimum absolute atomic E-state index is 0.210. The third-order valence-corrected chi connectivity index (χ3v) is 6.18. The maximum absolute atomic E-state index is 13.7. The maximum atomic E-state index is 13.7. The van der Waals surface area contributed by atoms with Crippen LogP contribution >= 0.6 is 11.6 Å². The lowest BCUT2D eigenvalue weighted by molar-refractivity contribution is -0.119. The molecular weight excluding hydrogens is 459 g/mol. The monoisotopic (exact) mass is 482 g/mol. The smallest absolute Gasteiger partial charge is 0.254 e. The molecule has 8 heteroatoms. The number of rotatable bonds is 7. The number of anilines is 1. The van der Waals surface area contributed by atoms with E-state index >= 15 is 0 Å². The number of nitrogens with one attached hydrogen (secondary N) is 1. The van der Waals surface area contributed by atoms with Crippen molar-refractivity contribution in [2.75, 3.05) is 32.7 Å². The number of halogens is 2. The molecule has 0 saturated carbocycles. The Morgan fingerprint density at radius 3 is 2.50 bits per heavy atom. The zero-order valence-electron chi connectivity index (χ0n) is 18.8. The molecule has 0 spiro atoms. The Morgan fingerprint density at radius 2 is 1.82 bits per heavy atom. The van der Waals surface area contributed by atoms with Gasteiger partial charge >= 0.3 is 0 Å². The summed E-state index contributed by atoms with van der Waals surface area (Å²) in [5.74, 6) is -1.19. The number of amides is 2. The fraction of sp³-hybridized carbons (Fsp3) is 0.231. The van der Waals surface area contributed by atoms with E-state index in [0.29, 0.717) is 33.1 Å². The molecule has 1 aliphatic heterocycles. The highest BCUT2D eigenvalue weighted by molar-refractivity contribution is 6.32. The highest BCUT2D eigenvalue weighted by Crippen LogP contribution is 2.43. The number of carbonyl (C=O) groups excluding carboxylic acids is 2. The summed E-state index contributed by atoms with van der Waals surface area (Å²) in [6.45, 7) is 0.553. The van der Waals surface area contributed by atoms with E-state index in [9.17, 15) is 14.0 Å². The molecule has 6 nitrogen and oxygen atoms in total. The molecule has 3 aromatic rings. The largest absolute Gasteiger partial charge is 0.495 e. The first-order valence-corrected chi connectivity index (χ1v) is 11.1. The summed E-state index contributed by atoms with van der Waals surface area (Å²) in [6, 6.07) is 17.2. The zero-order valence-corrected chi connectivity index (χ0v) is 19.5. The van der Waals surface area contributed by atoms with Crippen LogP contribution in [0.1, 0.15) is 33.4 Å². The first-order chi connectivity index (χ1) is 16.4. The number of hydrogen-bond acceptors (Lipinski definition) is 4. The van der Waals surface area contributed by atoms with Crippen LogP contribution in [-0.4, -0.2) is 44.1 Å². The first kappa shape index (κ1) is 23.7. The Labute approximate surface area is 202 Å². The van der Waals surface area contributed by atoms with E-state index in [0.717, 1.165) is 0 Å². The van der Waals surface area contributed by atoms with Crippen molar-refractivity contribution in [1.29, 1.82) is 0 Å². The van der Waals surface area contributed by atoms with E-state index in [1.807, 2.05) is 0 Å². The molecule has 1 N–H and O–H groups in total. The van der Waals surface area contributed by atoms with Crippen LogP contribution in [0.5, 0.6) is 5.75 Å². The van der Waals surface area contributed by atoms with Crippen LogP contribution in [0.2, 0.25) is 5.02 Å². The average Bonchev–Trinajstić information content (AvgIpc) is 2.84. The Balaban J connectivity index is 1.80. The summed E-state index contributed by atoms with van der Waals surface area (Å²) in [5.41, 5.74) is 2.19. The second-order valence-corrected chi connectivity index (χ2v) is 8.30. The minimum atomic E-state index is -0.753. The summed E-state index contributed by atoms with van der Waals surface area (Å²) < 4.78 is 24.1. The Hall–Kier alpha value is -3.42. The predicted octanol–water partition coefficient (Wildman–Crippen LogP) is 5.05. The lowest BCUT2D eigenvalue weighted by Crippen LogP contribution is -2.47.